The Morgan fingerprint density at radius 1 is 1.17 bits per heavy atom. The molecule has 2 N–H and O–H groups in total. The van der Waals surface area contributed by atoms with Gasteiger partial charge in [0.2, 0.25) is 0 Å². The lowest BCUT2D eigenvalue weighted by Gasteiger charge is -2.68. The standard InChI is InChI=1S/C25H36O5/c1-6-15(2)20(26)30-19-9-10-22(4)18(23(19,5)21(27)28)8-11-24-13-16(3)17(14-24)7-12-25(22,24)29/h6,17-19,29H,3,7-14H2,1-2,4-5H3,(H,27,28)/b15-6+/t17-,18+,19-,22-,23+,24-,25-/m1/s1. The van der Waals surface area contributed by atoms with Crippen LogP contribution in [0.1, 0.15) is 79.1 Å². The fourth-order valence-corrected chi connectivity index (χ4v) is 7.96. The number of esters is 1. The zero-order valence-corrected chi connectivity index (χ0v) is 18.8. The molecule has 0 aromatic rings. The predicted octanol–water partition coefficient (Wildman–Crippen LogP) is 4.64. The molecule has 2 bridgehead atoms. The summed E-state index contributed by atoms with van der Waals surface area (Å²) >= 11 is 0. The van der Waals surface area contributed by atoms with Gasteiger partial charge in [-0.1, -0.05) is 25.2 Å². The highest BCUT2D eigenvalue weighted by Crippen LogP contribution is 2.74. The van der Waals surface area contributed by atoms with Crippen molar-refractivity contribution in [2.24, 2.45) is 28.1 Å². The Bertz CT molecular complexity index is 829. The summed E-state index contributed by atoms with van der Waals surface area (Å²) in [5.41, 5.74) is -1.07. The van der Waals surface area contributed by atoms with Crippen LogP contribution in [0.3, 0.4) is 0 Å². The number of carboxylic acid groups (broad SMARTS) is 1. The highest BCUT2D eigenvalue weighted by atomic mass is 16.5. The van der Waals surface area contributed by atoms with Gasteiger partial charge in [-0.2, -0.15) is 0 Å². The summed E-state index contributed by atoms with van der Waals surface area (Å²) in [4.78, 5) is 25.2. The third-order valence-corrected chi connectivity index (χ3v) is 9.92. The fraction of sp³-hybridized carbons (Fsp3) is 0.760. The van der Waals surface area contributed by atoms with E-state index in [9.17, 15) is 19.8 Å². The molecule has 0 heterocycles. The summed E-state index contributed by atoms with van der Waals surface area (Å²) in [5, 5.41) is 22.7. The topological polar surface area (TPSA) is 83.8 Å². The van der Waals surface area contributed by atoms with E-state index in [-0.39, 0.29) is 11.3 Å². The first-order valence-corrected chi connectivity index (χ1v) is 11.4. The van der Waals surface area contributed by atoms with E-state index in [0.717, 1.165) is 32.1 Å². The summed E-state index contributed by atoms with van der Waals surface area (Å²) in [5.74, 6) is -1.13. The summed E-state index contributed by atoms with van der Waals surface area (Å²) in [6.07, 6.45) is 7.16. The molecular weight excluding hydrogens is 380 g/mol. The zero-order valence-electron chi connectivity index (χ0n) is 18.8. The van der Waals surface area contributed by atoms with Gasteiger partial charge >= 0.3 is 11.9 Å². The van der Waals surface area contributed by atoms with Gasteiger partial charge in [0, 0.05) is 16.4 Å². The van der Waals surface area contributed by atoms with Gasteiger partial charge in [0.25, 0.3) is 0 Å². The molecule has 166 valence electrons. The monoisotopic (exact) mass is 416 g/mol. The molecule has 0 aliphatic heterocycles. The Balaban J connectivity index is 1.73. The van der Waals surface area contributed by atoms with Crippen LogP contribution >= 0.6 is 0 Å². The van der Waals surface area contributed by atoms with E-state index in [1.807, 2.05) is 0 Å². The molecule has 0 radical (unpaired) electrons. The van der Waals surface area contributed by atoms with Gasteiger partial charge in [-0.3, -0.25) is 4.79 Å². The first kappa shape index (κ1) is 21.6. The maximum Gasteiger partial charge on any atom is 0.333 e. The summed E-state index contributed by atoms with van der Waals surface area (Å²) in [6, 6.07) is 0. The number of aliphatic hydroxyl groups is 1. The molecule has 0 aromatic carbocycles. The van der Waals surface area contributed by atoms with E-state index in [0.29, 0.717) is 30.8 Å². The molecule has 7 atom stereocenters. The number of carbonyl (C=O) groups excluding carboxylic acids is 1. The minimum atomic E-state index is -1.22. The number of carbonyl (C=O) groups is 2. The maximum absolute atomic E-state index is 12.7. The minimum absolute atomic E-state index is 0.178. The quantitative estimate of drug-likeness (QED) is 0.398. The van der Waals surface area contributed by atoms with Gasteiger partial charge in [0.1, 0.15) is 11.5 Å². The molecule has 4 fully saturated rings. The average Bonchev–Trinajstić information content (AvgIpc) is 2.97. The van der Waals surface area contributed by atoms with Gasteiger partial charge < -0.3 is 14.9 Å². The second kappa shape index (κ2) is 6.69. The van der Waals surface area contributed by atoms with E-state index in [4.69, 9.17) is 4.74 Å². The molecule has 0 aromatic heterocycles. The highest BCUT2D eigenvalue weighted by molar-refractivity contribution is 5.88. The molecule has 5 heteroatoms. The van der Waals surface area contributed by atoms with Crippen LogP contribution < -0.4 is 0 Å². The summed E-state index contributed by atoms with van der Waals surface area (Å²) < 4.78 is 5.78. The minimum Gasteiger partial charge on any atom is -0.481 e. The van der Waals surface area contributed by atoms with Crippen LogP contribution in [-0.4, -0.2) is 33.9 Å². The largest absolute Gasteiger partial charge is 0.481 e. The molecule has 5 nitrogen and oxygen atoms in total. The number of rotatable bonds is 3. The molecule has 0 saturated heterocycles. The Hall–Kier alpha value is -1.62. The second-order valence-electron chi connectivity index (χ2n) is 10.9. The number of allylic oxidation sites excluding steroid dienone is 2. The van der Waals surface area contributed by atoms with Crippen molar-refractivity contribution in [3.63, 3.8) is 0 Å². The number of hydrogen-bond acceptors (Lipinski definition) is 4. The van der Waals surface area contributed by atoms with Crippen molar-refractivity contribution in [2.45, 2.75) is 90.8 Å². The van der Waals surface area contributed by atoms with E-state index >= 15 is 0 Å². The van der Waals surface area contributed by atoms with Gasteiger partial charge in [-0.25, -0.2) is 4.79 Å². The van der Waals surface area contributed by atoms with Crippen molar-refractivity contribution in [3.05, 3.63) is 23.8 Å². The van der Waals surface area contributed by atoms with E-state index in [1.165, 1.54) is 5.57 Å². The second-order valence-corrected chi connectivity index (χ2v) is 10.9. The normalized spacial score (nSPS) is 48.0. The van der Waals surface area contributed by atoms with Crippen LogP contribution in [0.15, 0.2) is 23.8 Å². The van der Waals surface area contributed by atoms with Gasteiger partial charge in [-0.05, 0) is 84.0 Å². The Morgan fingerprint density at radius 2 is 1.87 bits per heavy atom. The van der Waals surface area contributed by atoms with E-state index in [1.54, 1.807) is 26.8 Å². The van der Waals surface area contributed by atoms with Crippen molar-refractivity contribution < 1.29 is 24.5 Å². The van der Waals surface area contributed by atoms with Gasteiger partial charge in [-0.15, -0.1) is 0 Å². The lowest BCUT2D eigenvalue weighted by Crippen LogP contribution is -2.71. The Morgan fingerprint density at radius 3 is 2.50 bits per heavy atom. The number of carboxylic acids is 1. The average molecular weight is 417 g/mol. The third kappa shape index (κ3) is 2.50. The van der Waals surface area contributed by atoms with Crippen LogP contribution in [0.25, 0.3) is 0 Å². The van der Waals surface area contributed by atoms with Gasteiger partial charge in [0.05, 0.1) is 5.60 Å². The zero-order chi connectivity index (χ0) is 22.1. The predicted molar refractivity (Wildman–Crippen MR) is 114 cm³/mol. The lowest BCUT2D eigenvalue weighted by molar-refractivity contribution is -0.276. The number of fused-ring (bicyclic) bond motifs is 3. The van der Waals surface area contributed by atoms with Crippen molar-refractivity contribution in [3.8, 4) is 0 Å². The summed E-state index contributed by atoms with van der Waals surface area (Å²) in [7, 11) is 0. The van der Waals surface area contributed by atoms with Crippen LogP contribution in [0.4, 0.5) is 0 Å². The third-order valence-electron chi connectivity index (χ3n) is 9.92. The molecule has 4 rings (SSSR count). The number of ether oxygens (including phenoxy) is 1. The van der Waals surface area contributed by atoms with Crippen LogP contribution in [0.2, 0.25) is 0 Å². The molecular formula is C25H36O5. The van der Waals surface area contributed by atoms with Crippen molar-refractivity contribution in [1.29, 1.82) is 0 Å². The van der Waals surface area contributed by atoms with Gasteiger partial charge in [0.15, 0.2) is 0 Å². The fourth-order valence-electron chi connectivity index (χ4n) is 7.96. The smallest absolute Gasteiger partial charge is 0.333 e. The highest BCUT2D eigenvalue weighted by Gasteiger charge is 2.74. The number of aliphatic carboxylic acids is 1. The molecule has 30 heavy (non-hydrogen) atoms. The number of hydrogen-bond donors (Lipinski definition) is 2. The van der Waals surface area contributed by atoms with Crippen LogP contribution in [-0.2, 0) is 14.3 Å². The van der Waals surface area contributed by atoms with Crippen LogP contribution in [0, 0.1) is 28.1 Å². The van der Waals surface area contributed by atoms with E-state index in [2.05, 4.69) is 13.5 Å². The molecule has 4 aliphatic rings. The Kier molecular flexibility index (Phi) is 4.82. The molecule has 4 saturated carbocycles. The molecule has 0 unspecified atom stereocenters. The van der Waals surface area contributed by atoms with Crippen molar-refractivity contribution in [2.75, 3.05) is 0 Å². The molecule has 0 amide bonds. The van der Waals surface area contributed by atoms with Crippen LogP contribution in [0.5, 0.6) is 0 Å². The first-order chi connectivity index (χ1) is 13.9. The molecule has 1 spiro atoms. The van der Waals surface area contributed by atoms with E-state index < -0.39 is 34.5 Å². The Labute approximate surface area is 179 Å². The summed E-state index contributed by atoms with van der Waals surface area (Å²) in [6.45, 7) is 11.6. The SMILES string of the molecule is C=C1C[C@@]23CC[C@@H]4[C@](C)(C(=O)O)[C@H](OC(=O)/C(C)=C/C)CC[C@@]4(C)[C@]2(O)CC[C@@H]1C3. The lowest BCUT2D eigenvalue weighted by atomic mass is 9.38. The van der Waals surface area contributed by atoms with Crippen molar-refractivity contribution >= 4 is 11.9 Å². The maximum atomic E-state index is 12.7. The van der Waals surface area contributed by atoms with Crippen molar-refractivity contribution in [1.82, 2.24) is 0 Å². The molecule has 4 aliphatic carbocycles. The first-order valence-electron chi connectivity index (χ1n) is 11.4.